The van der Waals surface area contributed by atoms with Crippen LogP contribution in [0.3, 0.4) is 0 Å². The number of nitrogens with zero attached hydrogens (tertiary/aromatic N) is 3. The van der Waals surface area contributed by atoms with Crippen LogP contribution in [0.4, 0.5) is 0 Å². The lowest BCUT2D eigenvalue weighted by Gasteiger charge is -2.09. The van der Waals surface area contributed by atoms with Gasteiger partial charge in [-0.2, -0.15) is 0 Å². The van der Waals surface area contributed by atoms with Gasteiger partial charge < -0.3 is 4.74 Å². The summed E-state index contributed by atoms with van der Waals surface area (Å²) < 4.78 is 6.95. The van der Waals surface area contributed by atoms with Gasteiger partial charge in [-0.15, -0.1) is 10.2 Å². The Labute approximate surface area is 111 Å². The normalized spacial score (nSPS) is 10.5. The van der Waals surface area contributed by atoms with Gasteiger partial charge >= 0.3 is 0 Å². The number of carbonyl (C=O) groups is 1. The molecule has 1 heterocycles. The van der Waals surface area contributed by atoms with Crippen molar-refractivity contribution in [1.29, 1.82) is 0 Å². The molecule has 0 bridgehead atoms. The smallest absolute Gasteiger partial charge is 0.270 e. The Morgan fingerprint density at radius 3 is 2.47 bits per heavy atom. The van der Waals surface area contributed by atoms with Gasteiger partial charge in [0.2, 0.25) is 0 Å². The SMILES string of the molecule is CC(C)COc1ccc(C(=O)Nn2cnnc2)cc1. The monoisotopic (exact) mass is 260 g/mol. The van der Waals surface area contributed by atoms with Gasteiger partial charge in [0.15, 0.2) is 0 Å². The zero-order valence-electron chi connectivity index (χ0n) is 10.9. The van der Waals surface area contributed by atoms with Gasteiger partial charge in [-0.25, -0.2) is 4.68 Å². The number of nitrogens with one attached hydrogen (secondary N) is 1. The molecule has 1 amide bonds. The average molecular weight is 260 g/mol. The third kappa shape index (κ3) is 3.80. The van der Waals surface area contributed by atoms with E-state index in [4.69, 9.17) is 4.74 Å². The highest BCUT2D eigenvalue weighted by Crippen LogP contribution is 2.13. The van der Waals surface area contributed by atoms with E-state index in [2.05, 4.69) is 29.5 Å². The Kier molecular flexibility index (Phi) is 4.12. The fraction of sp³-hybridized carbons (Fsp3) is 0.308. The minimum Gasteiger partial charge on any atom is -0.493 e. The second-order valence-electron chi connectivity index (χ2n) is 4.54. The molecule has 0 aliphatic carbocycles. The predicted octanol–water partition coefficient (Wildman–Crippen LogP) is 1.70. The molecule has 1 N–H and O–H groups in total. The maximum absolute atomic E-state index is 11.9. The zero-order valence-corrected chi connectivity index (χ0v) is 10.9. The van der Waals surface area contributed by atoms with Gasteiger partial charge in [-0.05, 0) is 30.2 Å². The Morgan fingerprint density at radius 2 is 1.89 bits per heavy atom. The molecule has 100 valence electrons. The summed E-state index contributed by atoms with van der Waals surface area (Å²) in [5, 5.41) is 7.20. The number of hydrogen-bond donors (Lipinski definition) is 1. The van der Waals surface area contributed by atoms with E-state index in [9.17, 15) is 4.79 Å². The van der Waals surface area contributed by atoms with Crippen LogP contribution in [0.1, 0.15) is 24.2 Å². The highest BCUT2D eigenvalue weighted by atomic mass is 16.5. The number of benzene rings is 1. The Bertz CT molecular complexity index is 520. The van der Waals surface area contributed by atoms with Gasteiger partial charge in [-0.3, -0.25) is 10.2 Å². The van der Waals surface area contributed by atoms with Gasteiger partial charge in [0.1, 0.15) is 18.4 Å². The molecule has 0 radical (unpaired) electrons. The lowest BCUT2D eigenvalue weighted by Crippen LogP contribution is -2.21. The van der Waals surface area contributed by atoms with Gasteiger partial charge in [0.05, 0.1) is 6.61 Å². The van der Waals surface area contributed by atoms with E-state index in [1.165, 1.54) is 17.3 Å². The molecular formula is C13H16N4O2. The fourth-order valence-corrected chi connectivity index (χ4v) is 1.41. The van der Waals surface area contributed by atoms with Crippen molar-refractivity contribution < 1.29 is 9.53 Å². The minimum atomic E-state index is -0.227. The van der Waals surface area contributed by atoms with Crippen molar-refractivity contribution in [3.8, 4) is 5.75 Å². The molecule has 0 spiro atoms. The number of amides is 1. The summed E-state index contributed by atoms with van der Waals surface area (Å²) in [6.45, 7) is 4.83. The van der Waals surface area contributed by atoms with Gasteiger partial charge in [0.25, 0.3) is 5.91 Å². The largest absolute Gasteiger partial charge is 0.493 e. The second-order valence-corrected chi connectivity index (χ2v) is 4.54. The van der Waals surface area contributed by atoms with Crippen LogP contribution < -0.4 is 10.2 Å². The summed E-state index contributed by atoms with van der Waals surface area (Å²) >= 11 is 0. The zero-order chi connectivity index (χ0) is 13.7. The molecule has 1 aromatic carbocycles. The number of hydrogen-bond acceptors (Lipinski definition) is 4. The van der Waals surface area contributed by atoms with E-state index in [0.29, 0.717) is 18.1 Å². The Morgan fingerprint density at radius 1 is 1.26 bits per heavy atom. The van der Waals surface area contributed by atoms with Crippen molar-refractivity contribution in [2.24, 2.45) is 5.92 Å². The maximum Gasteiger partial charge on any atom is 0.270 e. The molecule has 2 rings (SSSR count). The van der Waals surface area contributed by atoms with Crippen LogP contribution in [0.15, 0.2) is 36.9 Å². The van der Waals surface area contributed by atoms with Crippen molar-refractivity contribution in [1.82, 2.24) is 14.9 Å². The number of aromatic nitrogens is 3. The van der Waals surface area contributed by atoms with Crippen LogP contribution in [0, 0.1) is 5.92 Å². The standard InChI is InChI=1S/C13H16N4O2/c1-10(2)7-19-12-5-3-11(4-6-12)13(18)16-17-8-14-15-9-17/h3-6,8-10H,7H2,1-2H3,(H,16,18). The quantitative estimate of drug-likeness (QED) is 0.888. The van der Waals surface area contributed by atoms with Crippen LogP contribution in [-0.2, 0) is 0 Å². The summed E-state index contributed by atoms with van der Waals surface area (Å²) in [7, 11) is 0. The van der Waals surface area contributed by atoms with Gasteiger partial charge in [0, 0.05) is 5.56 Å². The second kappa shape index (κ2) is 5.99. The predicted molar refractivity (Wildman–Crippen MR) is 70.5 cm³/mol. The van der Waals surface area contributed by atoms with Crippen LogP contribution in [0.25, 0.3) is 0 Å². The fourth-order valence-electron chi connectivity index (χ4n) is 1.41. The van der Waals surface area contributed by atoms with Crippen LogP contribution in [0.2, 0.25) is 0 Å². The van der Waals surface area contributed by atoms with Crippen LogP contribution in [0.5, 0.6) is 5.75 Å². The first-order valence-corrected chi connectivity index (χ1v) is 6.04. The molecule has 0 fully saturated rings. The minimum absolute atomic E-state index is 0.227. The molecule has 0 atom stereocenters. The molecule has 19 heavy (non-hydrogen) atoms. The molecule has 6 heteroatoms. The topological polar surface area (TPSA) is 69.0 Å². The Balaban J connectivity index is 1.96. The number of rotatable bonds is 5. The first kappa shape index (κ1) is 13.1. The van der Waals surface area contributed by atoms with Crippen molar-refractivity contribution >= 4 is 5.91 Å². The van der Waals surface area contributed by atoms with E-state index in [-0.39, 0.29) is 5.91 Å². The Hall–Kier alpha value is -2.37. The molecule has 0 aliphatic heterocycles. The van der Waals surface area contributed by atoms with E-state index >= 15 is 0 Å². The molecule has 0 saturated heterocycles. The summed E-state index contributed by atoms with van der Waals surface area (Å²) in [4.78, 5) is 11.9. The molecule has 2 aromatic rings. The van der Waals surface area contributed by atoms with Crippen molar-refractivity contribution in [2.75, 3.05) is 12.0 Å². The van der Waals surface area contributed by atoms with E-state index in [1.54, 1.807) is 24.3 Å². The number of ether oxygens (including phenoxy) is 1. The summed E-state index contributed by atoms with van der Waals surface area (Å²) in [5.41, 5.74) is 3.17. The first-order valence-electron chi connectivity index (χ1n) is 6.04. The average Bonchev–Trinajstić information content (AvgIpc) is 2.89. The molecule has 1 aromatic heterocycles. The highest BCUT2D eigenvalue weighted by Gasteiger charge is 2.06. The summed E-state index contributed by atoms with van der Waals surface area (Å²) in [6, 6.07) is 7.00. The van der Waals surface area contributed by atoms with Crippen LogP contribution >= 0.6 is 0 Å². The highest BCUT2D eigenvalue weighted by molar-refractivity contribution is 5.99. The third-order valence-corrected chi connectivity index (χ3v) is 2.35. The van der Waals surface area contributed by atoms with Crippen molar-refractivity contribution in [2.45, 2.75) is 13.8 Å². The van der Waals surface area contributed by atoms with Gasteiger partial charge in [-0.1, -0.05) is 13.8 Å². The first-order chi connectivity index (χ1) is 9.15. The van der Waals surface area contributed by atoms with E-state index < -0.39 is 0 Å². The summed E-state index contributed by atoms with van der Waals surface area (Å²) in [5.74, 6) is 1.00. The maximum atomic E-state index is 11.9. The number of carbonyl (C=O) groups excluding carboxylic acids is 1. The lowest BCUT2D eigenvalue weighted by atomic mass is 10.2. The molecule has 6 nitrogen and oxygen atoms in total. The van der Waals surface area contributed by atoms with Crippen molar-refractivity contribution in [3.05, 3.63) is 42.5 Å². The van der Waals surface area contributed by atoms with E-state index in [1.807, 2.05) is 0 Å². The van der Waals surface area contributed by atoms with Crippen molar-refractivity contribution in [3.63, 3.8) is 0 Å². The van der Waals surface area contributed by atoms with E-state index in [0.717, 1.165) is 5.75 Å². The molecule has 0 saturated carbocycles. The summed E-state index contributed by atoms with van der Waals surface area (Å²) in [6.07, 6.45) is 2.83. The van der Waals surface area contributed by atoms with Crippen LogP contribution in [-0.4, -0.2) is 27.4 Å². The molecule has 0 unspecified atom stereocenters. The lowest BCUT2D eigenvalue weighted by molar-refractivity contribution is 0.101. The third-order valence-electron chi connectivity index (χ3n) is 2.35. The molecular weight excluding hydrogens is 244 g/mol. The molecule has 0 aliphatic rings.